The maximum atomic E-state index is 9.97. The van der Waals surface area contributed by atoms with Crippen LogP contribution in [0.4, 0.5) is 0 Å². The molecule has 0 bridgehead atoms. The van der Waals surface area contributed by atoms with E-state index in [1.165, 1.54) is 28.4 Å². The summed E-state index contributed by atoms with van der Waals surface area (Å²) >= 11 is 0. The van der Waals surface area contributed by atoms with Crippen molar-refractivity contribution in [3.63, 3.8) is 0 Å². The molecule has 0 amide bonds. The van der Waals surface area contributed by atoms with Gasteiger partial charge < -0.3 is 24.1 Å². The normalized spacial score (nSPS) is 18.5. The third kappa shape index (κ3) is 4.04. The zero-order valence-corrected chi connectivity index (χ0v) is 10.0. The van der Waals surface area contributed by atoms with Crippen LogP contribution in [0.5, 0.6) is 0 Å². The summed E-state index contributed by atoms with van der Waals surface area (Å²) in [5, 5.41) is 18.8. The SMILES string of the molecule is COC[C@@H](OC)[C@@H](O)[C@H](OC)[C@H](C#N)OC. The Hall–Kier alpha value is -0.710. The number of rotatable bonds is 8. The van der Waals surface area contributed by atoms with Crippen LogP contribution < -0.4 is 0 Å². The lowest BCUT2D eigenvalue weighted by Gasteiger charge is -2.29. The van der Waals surface area contributed by atoms with Gasteiger partial charge in [0.05, 0.1) is 12.7 Å². The van der Waals surface area contributed by atoms with Crippen LogP contribution in [0.25, 0.3) is 0 Å². The molecular weight excluding hydrogens is 214 g/mol. The predicted octanol–water partition coefficient (Wildman–Crippen LogP) is -0.438. The van der Waals surface area contributed by atoms with Crippen molar-refractivity contribution in [2.24, 2.45) is 0 Å². The summed E-state index contributed by atoms with van der Waals surface area (Å²) in [6, 6.07) is 1.90. The first-order valence-corrected chi connectivity index (χ1v) is 4.81. The number of aliphatic hydroxyl groups excluding tert-OH is 1. The zero-order valence-electron chi connectivity index (χ0n) is 10.0. The second kappa shape index (κ2) is 8.44. The van der Waals surface area contributed by atoms with Crippen LogP contribution in [0.3, 0.4) is 0 Å². The molecule has 0 heterocycles. The first-order valence-electron chi connectivity index (χ1n) is 4.81. The summed E-state index contributed by atoms with van der Waals surface area (Å²) in [6.07, 6.45) is -3.20. The molecule has 0 aromatic heterocycles. The highest BCUT2D eigenvalue weighted by Gasteiger charge is 2.34. The Kier molecular flexibility index (Phi) is 8.07. The van der Waals surface area contributed by atoms with Gasteiger partial charge in [-0.2, -0.15) is 5.26 Å². The highest BCUT2D eigenvalue weighted by Crippen LogP contribution is 2.12. The summed E-state index contributed by atoms with van der Waals surface area (Å²) in [4.78, 5) is 0. The second-order valence-corrected chi connectivity index (χ2v) is 3.21. The van der Waals surface area contributed by atoms with Crippen molar-refractivity contribution in [2.75, 3.05) is 35.0 Å². The topological polar surface area (TPSA) is 80.9 Å². The van der Waals surface area contributed by atoms with Gasteiger partial charge >= 0.3 is 0 Å². The van der Waals surface area contributed by atoms with Crippen LogP contribution in [0, 0.1) is 11.3 Å². The van der Waals surface area contributed by atoms with Gasteiger partial charge in [-0.15, -0.1) is 0 Å². The third-order valence-electron chi connectivity index (χ3n) is 2.30. The summed E-state index contributed by atoms with van der Waals surface area (Å²) in [5.41, 5.74) is 0. The van der Waals surface area contributed by atoms with E-state index in [9.17, 15) is 5.11 Å². The minimum atomic E-state index is -1.00. The minimum absolute atomic E-state index is 0.208. The summed E-state index contributed by atoms with van der Waals surface area (Å²) < 4.78 is 19.9. The van der Waals surface area contributed by atoms with Gasteiger partial charge in [0.25, 0.3) is 0 Å². The Bertz CT molecular complexity index is 218. The van der Waals surface area contributed by atoms with E-state index in [1.54, 1.807) is 0 Å². The smallest absolute Gasteiger partial charge is 0.172 e. The lowest BCUT2D eigenvalue weighted by atomic mass is 10.0. The number of aliphatic hydroxyl groups is 1. The first kappa shape index (κ1) is 15.3. The number of hydrogen-bond acceptors (Lipinski definition) is 6. The molecular formula is C10H19NO5. The van der Waals surface area contributed by atoms with Crippen LogP contribution in [0.15, 0.2) is 0 Å². The molecule has 0 spiro atoms. The molecule has 0 aliphatic rings. The average molecular weight is 233 g/mol. The maximum absolute atomic E-state index is 9.97. The van der Waals surface area contributed by atoms with Gasteiger partial charge in [-0.05, 0) is 0 Å². The van der Waals surface area contributed by atoms with Crippen molar-refractivity contribution in [2.45, 2.75) is 24.4 Å². The number of nitrogens with zero attached hydrogens (tertiary/aromatic N) is 1. The Morgan fingerprint density at radius 1 is 1.12 bits per heavy atom. The number of ether oxygens (including phenoxy) is 4. The highest BCUT2D eigenvalue weighted by atomic mass is 16.6. The molecule has 6 nitrogen and oxygen atoms in total. The molecule has 94 valence electrons. The fourth-order valence-corrected chi connectivity index (χ4v) is 1.38. The average Bonchev–Trinajstić information content (AvgIpc) is 2.31. The molecule has 0 unspecified atom stereocenters. The molecule has 16 heavy (non-hydrogen) atoms. The fourth-order valence-electron chi connectivity index (χ4n) is 1.38. The molecule has 0 saturated carbocycles. The molecule has 0 fully saturated rings. The van der Waals surface area contributed by atoms with E-state index < -0.39 is 24.4 Å². The van der Waals surface area contributed by atoms with Gasteiger partial charge in [-0.3, -0.25) is 0 Å². The van der Waals surface area contributed by atoms with Crippen molar-refractivity contribution in [3.05, 3.63) is 0 Å². The van der Waals surface area contributed by atoms with Gasteiger partial charge in [-0.1, -0.05) is 0 Å². The quantitative estimate of drug-likeness (QED) is 0.612. The van der Waals surface area contributed by atoms with Crippen molar-refractivity contribution >= 4 is 0 Å². The zero-order chi connectivity index (χ0) is 12.6. The molecule has 0 saturated heterocycles. The third-order valence-corrected chi connectivity index (χ3v) is 2.30. The lowest BCUT2D eigenvalue weighted by molar-refractivity contribution is -0.136. The van der Waals surface area contributed by atoms with E-state index in [1.807, 2.05) is 6.07 Å². The van der Waals surface area contributed by atoms with Crippen molar-refractivity contribution in [1.29, 1.82) is 5.26 Å². The van der Waals surface area contributed by atoms with Crippen molar-refractivity contribution in [3.8, 4) is 6.07 Å². The molecule has 4 atom stereocenters. The van der Waals surface area contributed by atoms with E-state index in [0.717, 1.165) is 0 Å². The van der Waals surface area contributed by atoms with E-state index in [0.29, 0.717) is 0 Å². The molecule has 0 aromatic rings. The van der Waals surface area contributed by atoms with Crippen molar-refractivity contribution < 1.29 is 24.1 Å². The summed E-state index contributed by atoms with van der Waals surface area (Å²) in [5.74, 6) is 0. The van der Waals surface area contributed by atoms with Crippen LogP contribution in [-0.2, 0) is 18.9 Å². The van der Waals surface area contributed by atoms with Crippen LogP contribution in [0.2, 0.25) is 0 Å². The van der Waals surface area contributed by atoms with E-state index >= 15 is 0 Å². The molecule has 0 aliphatic heterocycles. The molecule has 0 radical (unpaired) electrons. The number of nitriles is 1. The fraction of sp³-hybridized carbons (Fsp3) is 0.900. The number of methoxy groups -OCH3 is 4. The molecule has 0 rings (SSSR count). The van der Waals surface area contributed by atoms with Crippen LogP contribution >= 0.6 is 0 Å². The largest absolute Gasteiger partial charge is 0.387 e. The molecule has 1 N–H and O–H groups in total. The molecule has 0 aliphatic carbocycles. The van der Waals surface area contributed by atoms with Gasteiger partial charge in [0.15, 0.2) is 6.10 Å². The standard InChI is InChI=1S/C10H19NO5/c1-13-6-8(15-3)9(12)10(16-4)7(5-11)14-2/h7-10,12H,6H2,1-4H3/t7-,8+,9+,10+/m0/s1. The van der Waals surface area contributed by atoms with Crippen LogP contribution in [0.1, 0.15) is 0 Å². The Labute approximate surface area is 95.7 Å². The van der Waals surface area contributed by atoms with Crippen molar-refractivity contribution in [1.82, 2.24) is 0 Å². The van der Waals surface area contributed by atoms with E-state index in [-0.39, 0.29) is 6.61 Å². The lowest BCUT2D eigenvalue weighted by Crippen LogP contribution is -2.48. The second-order valence-electron chi connectivity index (χ2n) is 3.21. The van der Waals surface area contributed by atoms with E-state index in [2.05, 4.69) is 0 Å². The monoisotopic (exact) mass is 233 g/mol. The van der Waals surface area contributed by atoms with E-state index in [4.69, 9.17) is 24.2 Å². The molecule has 6 heteroatoms. The minimum Gasteiger partial charge on any atom is -0.387 e. The Morgan fingerprint density at radius 2 is 1.75 bits per heavy atom. The highest BCUT2D eigenvalue weighted by molar-refractivity contribution is 4.96. The van der Waals surface area contributed by atoms with Gasteiger partial charge in [-0.25, -0.2) is 0 Å². The predicted molar refractivity (Wildman–Crippen MR) is 55.9 cm³/mol. The Balaban J connectivity index is 4.61. The van der Waals surface area contributed by atoms with Gasteiger partial charge in [0.2, 0.25) is 0 Å². The van der Waals surface area contributed by atoms with Gasteiger partial charge in [0, 0.05) is 28.4 Å². The maximum Gasteiger partial charge on any atom is 0.172 e. The Morgan fingerprint density at radius 3 is 2.06 bits per heavy atom. The van der Waals surface area contributed by atoms with Gasteiger partial charge in [0.1, 0.15) is 18.3 Å². The summed E-state index contributed by atoms with van der Waals surface area (Å²) in [6.45, 7) is 0.208. The summed E-state index contributed by atoms with van der Waals surface area (Å²) in [7, 11) is 5.73. The number of hydrogen-bond donors (Lipinski definition) is 1. The molecule has 0 aromatic carbocycles. The van der Waals surface area contributed by atoms with Crippen LogP contribution in [-0.4, -0.2) is 64.6 Å². The first-order chi connectivity index (χ1) is 7.65.